The highest BCUT2D eigenvalue weighted by atomic mass is 16.5. The highest BCUT2D eigenvalue weighted by Crippen LogP contribution is 2.16. The summed E-state index contributed by atoms with van der Waals surface area (Å²) in [5.41, 5.74) is 0. The molecule has 1 nitrogen and oxygen atoms in total. The van der Waals surface area contributed by atoms with Crippen molar-refractivity contribution in [2.75, 3.05) is 0 Å². The van der Waals surface area contributed by atoms with Crippen LogP contribution in [0.3, 0.4) is 0 Å². The fourth-order valence-electron chi connectivity index (χ4n) is 1.07. The van der Waals surface area contributed by atoms with Crippen molar-refractivity contribution in [3.8, 4) is 0 Å². The van der Waals surface area contributed by atoms with Crippen LogP contribution in [-0.4, -0.2) is 12.2 Å². The summed E-state index contributed by atoms with van der Waals surface area (Å²) in [6, 6.07) is 0. The van der Waals surface area contributed by atoms with E-state index in [2.05, 4.69) is 20.3 Å². The molecule has 0 aromatic carbocycles. The Morgan fingerprint density at radius 3 is 2.00 bits per heavy atom. The van der Waals surface area contributed by atoms with E-state index in [9.17, 15) is 0 Å². The SMILES string of the molecule is CC1C[CH]C[C@H](C)O1. The topological polar surface area (TPSA) is 9.23 Å². The van der Waals surface area contributed by atoms with Crippen molar-refractivity contribution in [3.05, 3.63) is 6.42 Å². The van der Waals surface area contributed by atoms with Gasteiger partial charge in [0.05, 0.1) is 12.2 Å². The average molecular weight is 113 g/mol. The van der Waals surface area contributed by atoms with Gasteiger partial charge in [0.2, 0.25) is 0 Å². The molecule has 1 rings (SSSR count). The van der Waals surface area contributed by atoms with Gasteiger partial charge in [-0.15, -0.1) is 0 Å². The minimum Gasteiger partial charge on any atom is -0.376 e. The Labute approximate surface area is 51.0 Å². The van der Waals surface area contributed by atoms with Crippen LogP contribution in [0.1, 0.15) is 26.7 Å². The summed E-state index contributed by atoms with van der Waals surface area (Å²) in [5.74, 6) is 0. The first-order chi connectivity index (χ1) is 3.79. The molecule has 8 heavy (non-hydrogen) atoms. The van der Waals surface area contributed by atoms with Gasteiger partial charge in [-0.25, -0.2) is 0 Å². The van der Waals surface area contributed by atoms with Crippen molar-refractivity contribution >= 4 is 0 Å². The van der Waals surface area contributed by atoms with Crippen LogP contribution in [0.15, 0.2) is 0 Å². The van der Waals surface area contributed by atoms with E-state index in [0.29, 0.717) is 12.2 Å². The van der Waals surface area contributed by atoms with Crippen molar-refractivity contribution < 1.29 is 4.74 Å². The number of hydrogen-bond acceptors (Lipinski definition) is 1. The first kappa shape index (κ1) is 6.09. The van der Waals surface area contributed by atoms with Gasteiger partial charge in [0, 0.05) is 0 Å². The minimum atomic E-state index is 0.457. The summed E-state index contributed by atoms with van der Waals surface area (Å²) < 4.78 is 5.45. The van der Waals surface area contributed by atoms with E-state index in [1.165, 1.54) is 0 Å². The smallest absolute Gasteiger partial charge is 0.0553 e. The predicted octanol–water partition coefficient (Wildman–Crippen LogP) is 1.78. The van der Waals surface area contributed by atoms with Gasteiger partial charge in [-0.2, -0.15) is 0 Å². The molecule has 0 amide bonds. The molecule has 0 spiro atoms. The molecule has 1 saturated heterocycles. The summed E-state index contributed by atoms with van der Waals surface area (Å²) >= 11 is 0. The van der Waals surface area contributed by atoms with Crippen LogP contribution in [0.5, 0.6) is 0 Å². The van der Waals surface area contributed by atoms with Crippen LogP contribution in [-0.2, 0) is 4.74 Å². The zero-order chi connectivity index (χ0) is 5.98. The van der Waals surface area contributed by atoms with Gasteiger partial charge in [-0.05, 0) is 33.1 Å². The van der Waals surface area contributed by atoms with Crippen molar-refractivity contribution in [1.29, 1.82) is 0 Å². The van der Waals surface area contributed by atoms with E-state index in [4.69, 9.17) is 4.74 Å². The Balaban J connectivity index is 2.23. The molecule has 0 aromatic heterocycles. The maximum absolute atomic E-state index is 5.45. The van der Waals surface area contributed by atoms with E-state index in [0.717, 1.165) is 12.8 Å². The number of hydrogen-bond donors (Lipinski definition) is 0. The maximum atomic E-state index is 5.45. The standard InChI is InChI=1S/C7H13O/c1-6-4-3-5-7(2)8-6/h3,6-7H,4-5H2,1-2H3/t6-,7?/m0/s1. The highest BCUT2D eigenvalue weighted by molar-refractivity contribution is 4.77. The van der Waals surface area contributed by atoms with Gasteiger partial charge < -0.3 is 4.74 Å². The molecule has 1 unspecified atom stereocenters. The molecule has 2 atom stereocenters. The Morgan fingerprint density at radius 1 is 1.25 bits per heavy atom. The molecule has 1 fully saturated rings. The number of ether oxygens (including phenoxy) is 1. The van der Waals surface area contributed by atoms with Crippen molar-refractivity contribution in [2.45, 2.75) is 38.9 Å². The highest BCUT2D eigenvalue weighted by Gasteiger charge is 2.13. The summed E-state index contributed by atoms with van der Waals surface area (Å²) in [6.45, 7) is 4.23. The molecule has 0 aliphatic carbocycles. The Kier molecular flexibility index (Phi) is 1.90. The van der Waals surface area contributed by atoms with Gasteiger partial charge in [-0.1, -0.05) is 0 Å². The third kappa shape index (κ3) is 1.48. The second-order valence-electron chi connectivity index (χ2n) is 2.52. The largest absolute Gasteiger partial charge is 0.376 e. The zero-order valence-electron chi connectivity index (χ0n) is 5.55. The lowest BCUT2D eigenvalue weighted by Gasteiger charge is -2.24. The Morgan fingerprint density at radius 2 is 1.75 bits per heavy atom. The van der Waals surface area contributed by atoms with Crippen molar-refractivity contribution in [3.63, 3.8) is 0 Å². The normalized spacial score (nSPS) is 39.8. The summed E-state index contributed by atoms with van der Waals surface area (Å²) in [5, 5.41) is 0. The molecule has 47 valence electrons. The average Bonchev–Trinajstić information content (AvgIpc) is 1.64. The minimum absolute atomic E-state index is 0.457. The molecule has 1 heteroatoms. The molecule has 1 heterocycles. The summed E-state index contributed by atoms with van der Waals surface area (Å²) in [6.07, 6.45) is 5.48. The fraction of sp³-hybridized carbons (Fsp3) is 0.857. The van der Waals surface area contributed by atoms with Gasteiger partial charge >= 0.3 is 0 Å². The molecule has 1 aliphatic heterocycles. The molecule has 0 bridgehead atoms. The number of rotatable bonds is 0. The molecular weight excluding hydrogens is 100 g/mol. The van der Waals surface area contributed by atoms with E-state index in [1.54, 1.807) is 0 Å². The van der Waals surface area contributed by atoms with Crippen LogP contribution in [0, 0.1) is 6.42 Å². The molecular formula is C7H13O. The maximum Gasteiger partial charge on any atom is 0.0553 e. The summed E-state index contributed by atoms with van der Waals surface area (Å²) in [7, 11) is 0. The zero-order valence-corrected chi connectivity index (χ0v) is 5.55. The first-order valence-corrected chi connectivity index (χ1v) is 3.26. The predicted molar refractivity (Wildman–Crippen MR) is 33.5 cm³/mol. The van der Waals surface area contributed by atoms with E-state index >= 15 is 0 Å². The van der Waals surface area contributed by atoms with Gasteiger partial charge in [0.15, 0.2) is 0 Å². The Hall–Kier alpha value is -0.0400. The fourth-order valence-corrected chi connectivity index (χ4v) is 1.07. The monoisotopic (exact) mass is 113 g/mol. The third-order valence-electron chi connectivity index (χ3n) is 1.46. The Bertz CT molecular complexity index is 62.8. The first-order valence-electron chi connectivity index (χ1n) is 3.26. The lowest BCUT2D eigenvalue weighted by atomic mass is 10.1. The molecule has 0 saturated carbocycles. The van der Waals surface area contributed by atoms with Gasteiger partial charge in [-0.3, -0.25) is 0 Å². The van der Waals surface area contributed by atoms with E-state index in [-0.39, 0.29) is 0 Å². The van der Waals surface area contributed by atoms with Gasteiger partial charge in [0.25, 0.3) is 0 Å². The molecule has 0 aromatic rings. The summed E-state index contributed by atoms with van der Waals surface area (Å²) in [4.78, 5) is 0. The lowest BCUT2D eigenvalue weighted by molar-refractivity contribution is -0.0121. The van der Waals surface area contributed by atoms with Crippen LogP contribution >= 0.6 is 0 Å². The van der Waals surface area contributed by atoms with Crippen LogP contribution in [0.4, 0.5) is 0 Å². The second-order valence-corrected chi connectivity index (χ2v) is 2.52. The second kappa shape index (κ2) is 2.49. The van der Waals surface area contributed by atoms with Crippen LogP contribution in [0.25, 0.3) is 0 Å². The third-order valence-corrected chi connectivity index (χ3v) is 1.46. The van der Waals surface area contributed by atoms with Gasteiger partial charge in [0.1, 0.15) is 0 Å². The van der Waals surface area contributed by atoms with Crippen LogP contribution < -0.4 is 0 Å². The van der Waals surface area contributed by atoms with Crippen molar-refractivity contribution in [2.24, 2.45) is 0 Å². The molecule has 1 radical (unpaired) electrons. The van der Waals surface area contributed by atoms with Crippen LogP contribution in [0.2, 0.25) is 0 Å². The van der Waals surface area contributed by atoms with E-state index in [1.807, 2.05) is 0 Å². The van der Waals surface area contributed by atoms with Crippen molar-refractivity contribution in [1.82, 2.24) is 0 Å². The van der Waals surface area contributed by atoms with E-state index < -0.39 is 0 Å². The quantitative estimate of drug-likeness (QED) is 0.465. The molecule has 1 aliphatic rings. The molecule has 0 N–H and O–H groups in total. The lowest BCUT2D eigenvalue weighted by Crippen LogP contribution is -2.22.